The van der Waals surface area contributed by atoms with Crippen LogP contribution in [0, 0.1) is 3.57 Å². The fourth-order valence-corrected chi connectivity index (χ4v) is 10.1. The molecule has 10 aromatic rings. The van der Waals surface area contributed by atoms with Gasteiger partial charge in [0.05, 0.1) is 36.5 Å². The molecule has 420 valence electrons. The molecule has 2 atom stereocenters. The molecule has 2 aliphatic heterocycles. The van der Waals surface area contributed by atoms with Gasteiger partial charge in [-0.2, -0.15) is 9.36 Å². The summed E-state index contributed by atoms with van der Waals surface area (Å²) < 4.78 is 25.1. The molecule has 84 heavy (non-hydrogen) atoms. The highest BCUT2D eigenvalue weighted by Gasteiger charge is 2.37. The van der Waals surface area contributed by atoms with Gasteiger partial charge in [-0.1, -0.05) is 156 Å². The molecule has 12 rings (SSSR count). The first-order valence-corrected chi connectivity index (χ1v) is 27.3. The van der Waals surface area contributed by atoms with Crippen LogP contribution in [0.15, 0.2) is 205 Å². The maximum Gasteiger partial charge on any atom is 0.488 e. The first-order valence-electron chi connectivity index (χ1n) is 26.2. The molecule has 20 nitrogen and oxygen atoms in total. The molecule has 0 bridgehead atoms. The largest absolute Gasteiger partial charge is 0.488 e. The number of ether oxygens (including phenoxy) is 4. The molecule has 2 aromatic heterocycles. The van der Waals surface area contributed by atoms with Crippen LogP contribution in [0.2, 0.25) is 0 Å². The van der Waals surface area contributed by atoms with Crippen LogP contribution in [-0.4, -0.2) is 95.7 Å². The standard InChI is InChI=1S/C31H25N5O4.C23H18IN5O2.C8H9BO4/c1-19-27(28(36-31(32-19)33-34-35-36)26-9-5-7-23-6-3-4-8-25(23)26)30(38)40-18-20-10-12-21(13-11-20)22-14-16-24(17-15-22)29(37)39-2;1-14-20(22(30)31-13-15-9-11-17(24)12-10-15)21(29-23(25-14)26-27-28-29)19-8-4-6-16-5-2-3-7-18(16)19;1-13-8(10)6-2-4-7(5-3-6)9(11)12/h3-17,28H,18H2,1-2H3,(H,32,33,35);2-12,21H,13H2,1H3,(H,25,26,28);2-5,11-12H,1H3. The van der Waals surface area contributed by atoms with Crippen molar-refractivity contribution < 1.29 is 48.2 Å². The average molecular weight is 1230 g/mol. The van der Waals surface area contributed by atoms with Gasteiger partial charge in [0.25, 0.3) is 0 Å². The summed E-state index contributed by atoms with van der Waals surface area (Å²) >= 11 is 2.25. The second-order valence-corrected chi connectivity index (χ2v) is 20.4. The fourth-order valence-electron chi connectivity index (χ4n) is 9.76. The second-order valence-electron chi connectivity index (χ2n) is 19.2. The van der Waals surface area contributed by atoms with Crippen LogP contribution < -0.4 is 16.1 Å². The molecule has 2 unspecified atom stereocenters. The number of nitrogens with zero attached hydrogens (tertiary/aromatic N) is 8. The number of carbonyl (C=O) groups is 4. The van der Waals surface area contributed by atoms with Gasteiger partial charge in [-0.15, -0.1) is 0 Å². The third-order valence-corrected chi connectivity index (χ3v) is 14.7. The summed E-state index contributed by atoms with van der Waals surface area (Å²) in [6, 6.07) is 55.7. The Balaban J connectivity index is 0.000000158. The molecule has 0 fully saturated rings. The van der Waals surface area contributed by atoms with Crippen molar-refractivity contribution in [2.75, 3.05) is 24.9 Å². The minimum atomic E-state index is -1.51. The number of fused-ring (bicyclic) bond motifs is 4. The number of anilines is 2. The van der Waals surface area contributed by atoms with Crippen molar-refractivity contribution in [1.29, 1.82) is 0 Å². The average Bonchev–Trinajstić information content (AvgIpc) is 2.49. The number of aromatic nitrogens is 8. The highest BCUT2D eigenvalue weighted by Crippen LogP contribution is 2.40. The van der Waals surface area contributed by atoms with Gasteiger partial charge in [-0.05, 0) is 154 Å². The van der Waals surface area contributed by atoms with E-state index >= 15 is 0 Å². The number of rotatable bonds is 12. The molecule has 22 heteroatoms. The van der Waals surface area contributed by atoms with Gasteiger partial charge in [0.2, 0.25) is 11.9 Å². The van der Waals surface area contributed by atoms with E-state index in [0.717, 1.165) is 58.5 Å². The molecule has 4 N–H and O–H groups in total. The molecule has 0 saturated carbocycles. The Labute approximate surface area is 495 Å². The second kappa shape index (κ2) is 25.9. The van der Waals surface area contributed by atoms with Gasteiger partial charge >= 0.3 is 31.0 Å². The van der Waals surface area contributed by atoms with E-state index < -0.39 is 37.1 Å². The molecule has 2 aliphatic rings. The summed E-state index contributed by atoms with van der Waals surface area (Å²) in [6.07, 6.45) is 0. The first-order chi connectivity index (χ1) is 40.8. The maximum absolute atomic E-state index is 13.6. The molecular weight excluding hydrogens is 1180 g/mol. The zero-order chi connectivity index (χ0) is 58.9. The lowest BCUT2D eigenvalue weighted by Crippen LogP contribution is -2.29. The summed E-state index contributed by atoms with van der Waals surface area (Å²) in [5.74, 6) is -0.721. The van der Waals surface area contributed by atoms with Gasteiger partial charge in [0.15, 0.2) is 0 Å². The van der Waals surface area contributed by atoms with E-state index in [1.54, 1.807) is 21.5 Å². The van der Waals surface area contributed by atoms with E-state index in [2.05, 4.69) is 69.0 Å². The fraction of sp³-hybridized carbons (Fsp3) is 0.129. The minimum Gasteiger partial charge on any atom is -0.465 e. The Morgan fingerprint density at radius 3 is 1.33 bits per heavy atom. The SMILES string of the molecule is CC1=C(C(=O)OCc2ccc(I)cc2)C(c2cccc3ccccc23)n2nnnc2N1.COC(=O)c1ccc(-c2ccc(COC(=O)C3=C(C)Nc4nnnn4C3c3cccc4ccccc34)cc2)cc1.COC(=O)c1ccc(B(O)O)cc1. The van der Waals surface area contributed by atoms with Crippen molar-refractivity contribution in [3.8, 4) is 11.1 Å². The number of tetrazole rings is 2. The minimum absolute atomic E-state index is 0.0991. The third-order valence-electron chi connectivity index (χ3n) is 14.0. The molecule has 0 aliphatic carbocycles. The lowest BCUT2D eigenvalue weighted by Gasteiger charge is -2.28. The number of hydrogen-bond donors (Lipinski definition) is 4. The third kappa shape index (κ3) is 12.6. The number of hydrogen-bond acceptors (Lipinski definition) is 18. The Morgan fingerprint density at radius 1 is 0.512 bits per heavy atom. The highest BCUT2D eigenvalue weighted by molar-refractivity contribution is 14.1. The van der Waals surface area contributed by atoms with E-state index in [-0.39, 0.29) is 19.2 Å². The topological polar surface area (TPSA) is 257 Å². The maximum atomic E-state index is 13.6. The van der Waals surface area contributed by atoms with E-state index in [9.17, 15) is 19.2 Å². The van der Waals surface area contributed by atoms with E-state index in [1.807, 2.05) is 159 Å². The van der Waals surface area contributed by atoms with E-state index in [4.69, 9.17) is 24.3 Å². The number of nitrogens with one attached hydrogen (secondary N) is 2. The predicted molar refractivity (Wildman–Crippen MR) is 322 cm³/mol. The van der Waals surface area contributed by atoms with Gasteiger partial charge in [-0.3, -0.25) is 0 Å². The molecule has 0 radical (unpaired) electrons. The van der Waals surface area contributed by atoms with Crippen LogP contribution in [0.3, 0.4) is 0 Å². The summed E-state index contributed by atoms with van der Waals surface area (Å²) in [6.45, 7) is 3.96. The molecule has 0 spiro atoms. The Morgan fingerprint density at radius 2 is 0.905 bits per heavy atom. The quantitative estimate of drug-likeness (QED) is 0.0385. The number of allylic oxidation sites excluding steroid dienone is 2. The van der Waals surface area contributed by atoms with Crippen LogP contribution in [0.4, 0.5) is 11.9 Å². The summed E-state index contributed by atoms with van der Waals surface area (Å²) in [7, 11) is 1.14. The highest BCUT2D eigenvalue weighted by atomic mass is 127. The van der Waals surface area contributed by atoms with Crippen LogP contribution in [0.5, 0.6) is 0 Å². The summed E-state index contributed by atoms with van der Waals surface area (Å²) in [5.41, 5.74) is 9.01. The number of carbonyl (C=O) groups excluding carboxylic acids is 4. The smallest absolute Gasteiger partial charge is 0.465 e. The Bertz CT molecular complexity index is 4110. The van der Waals surface area contributed by atoms with E-state index in [1.165, 1.54) is 38.5 Å². The van der Waals surface area contributed by atoms with Crippen molar-refractivity contribution in [1.82, 2.24) is 40.4 Å². The molecule has 0 saturated heterocycles. The van der Waals surface area contributed by atoms with Gasteiger partial charge in [-0.25, -0.2) is 19.2 Å². The normalized spacial score (nSPS) is 14.0. The molecule has 0 amide bonds. The summed E-state index contributed by atoms with van der Waals surface area (Å²) in [5, 5.41) is 52.1. The van der Waals surface area contributed by atoms with Crippen molar-refractivity contribution in [3.05, 3.63) is 241 Å². The van der Waals surface area contributed by atoms with Crippen molar-refractivity contribution in [2.45, 2.75) is 39.1 Å². The van der Waals surface area contributed by atoms with Gasteiger partial charge in [0, 0.05) is 15.0 Å². The number of halogens is 1. The number of benzene rings is 8. The lowest BCUT2D eigenvalue weighted by molar-refractivity contribution is -0.141. The van der Waals surface area contributed by atoms with E-state index in [0.29, 0.717) is 51.0 Å². The Hall–Kier alpha value is -9.91. The lowest BCUT2D eigenvalue weighted by atomic mass is 9.80. The van der Waals surface area contributed by atoms with Gasteiger partial charge in [0.1, 0.15) is 25.3 Å². The van der Waals surface area contributed by atoms with Crippen molar-refractivity contribution in [2.24, 2.45) is 0 Å². The van der Waals surface area contributed by atoms with Crippen LogP contribution in [-0.2, 0) is 41.8 Å². The number of methoxy groups -OCH3 is 2. The van der Waals surface area contributed by atoms with Gasteiger partial charge < -0.3 is 39.6 Å². The molecule has 4 heterocycles. The molecular formula is C62H52BIN10O10. The number of esters is 4. The summed E-state index contributed by atoms with van der Waals surface area (Å²) in [4.78, 5) is 49.5. The zero-order valence-electron chi connectivity index (χ0n) is 45.6. The van der Waals surface area contributed by atoms with Crippen LogP contribution >= 0.6 is 22.6 Å². The van der Waals surface area contributed by atoms with Crippen LogP contribution in [0.25, 0.3) is 32.7 Å². The predicted octanol–water partition coefficient (Wildman–Crippen LogP) is 8.93. The monoisotopic (exact) mass is 1230 g/mol. The Kier molecular flexibility index (Phi) is 17.7. The van der Waals surface area contributed by atoms with Crippen molar-refractivity contribution in [3.63, 3.8) is 0 Å². The van der Waals surface area contributed by atoms with Crippen LogP contribution in [0.1, 0.15) is 68.9 Å². The van der Waals surface area contributed by atoms with Crippen molar-refractivity contribution >= 4 is 92.5 Å². The first kappa shape index (κ1) is 57.3. The molecule has 8 aromatic carbocycles. The zero-order valence-corrected chi connectivity index (χ0v) is 47.7.